The highest BCUT2D eigenvalue weighted by atomic mass is 16.5. The Hall–Kier alpha value is -0.940. The molecule has 0 heterocycles. The number of hydrogen-bond acceptors (Lipinski definition) is 4. The predicted molar refractivity (Wildman–Crippen MR) is 109 cm³/mol. The minimum Gasteiger partial charge on any atom is -0.394 e. The zero-order chi connectivity index (χ0) is 19.3. The number of rotatable bonds is 9. The van der Waals surface area contributed by atoms with Gasteiger partial charge in [-0.15, -0.1) is 6.58 Å². The van der Waals surface area contributed by atoms with Crippen LogP contribution in [0.2, 0.25) is 0 Å². The van der Waals surface area contributed by atoms with Crippen molar-refractivity contribution >= 4 is 0 Å². The van der Waals surface area contributed by atoms with Crippen LogP contribution in [0, 0.1) is 11.3 Å². The summed E-state index contributed by atoms with van der Waals surface area (Å²) in [5.74, 6) is 0.571. The summed E-state index contributed by atoms with van der Waals surface area (Å²) in [6, 6.07) is 0. The van der Waals surface area contributed by atoms with Gasteiger partial charge in [0.25, 0.3) is 0 Å². The Morgan fingerprint density at radius 2 is 2.15 bits per heavy atom. The minimum atomic E-state index is -0.366. The molecule has 3 aliphatic rings. The summed E-state index contributed by atoms with van der Waals surface area (Å²) in [5, 5.41) is 9.59. The van der Waals surface area contributed by atoms with Gasteiger partial charge in [0.15, 0.2) is 0 Å². The molecule has 3 aliphatic carbocycles. The molecule has 4 heteroatoms. The lowest BCUT2D eigenvalue weighted by Gasteiger charge is -2.39. The third kappa shape index (κ3) is 5.11. The largest absolute Gasteiger partial charge is 0.394 e. The van der Waals surface area contributed by atoms with Crippen molar-refractivity contribution in [2.75, 3.05) is 26.4 Å². The van der Waals surface area contributed by atoms with Gasteiger partial charge in [0, 0.05) is 5.54 Å². The topological polar surface area (TPSA) is 64.7 Å². The van der Waals surface area contributed by atoms with Crippen LogP contribution in [0.25, 0.3) is 0 Å². The van der Waals surface area contributed by atoms with E-state index in [0.29, 0.717) is 25.2 Å². The zero-order valence-electron chi connectivity index (χ0n) is 16.9. The molecule has 2 saturated carbocycles. The van der Waals surface area contributed by atoms with E-state index >= 15 is 0 Å². The van der Waals surface area contributed by atoms with Gasteiger partial charge in [-0.05, 0) is 73.8 Å². The van der Waals surface area contributed by atoms with Gasteiger partial charge in [-0.1, -0.05) is 25.2 Å². The predicted octanol–water partition coefficient (Wildman–Crippen LogP) is 3.90. The molecule has 0 bridgehead atoms. The van der Waals surface area contributed by atoms with Crippen molar-refractivity contribution in [1.82, 2.24) is 0 Å². The van der Waals surface area contributed by atoms with Crippen molar-refractivity contribution in [3.63, 3.8) is 0 Å². The van der Waals surface area contributed by atoms with E-state index in [9.17, 15) is 5.11 Å². The fraction of sp³-hybridized carbons (Fsp3) is 0.739. The Labute approximate surface area is 164 Å². The first-order chi connectivity index (χ1) is 13.0. The summed E-state index contributed by atoms with van der Waals surface area (Å²) in [4.78, 5) is 0. The van der Waals surface area contributed by atoms with Gasteiger partial charge in [0.2, 0.25) is 0 Å². The van der Waals surface area contributed by atoms with Crippen molar-refractivity contribution < 1.29 is 14.6 Å². The summed E-state index contributed by atoms with van der Waals surface area (Å²) in [6.45, 7) is 8.25. The molecule has 0 aliphatic heterocycles. The van der Waals surface area contributed by atoms with Crippen molar-refractivity contribution in [3.8, 4) is 0 Å². The standard InChI is InChI=1S/C23H37NO3/c1-3-4-11-26-12-13-27-21-6-5-19-15-22(2,9-7-18(19)14-21)20-8-10-23(24,16-20)17-25/h3,7,15,20-21,25H,1,4-6,8-14,16-17,24H2,2H3/t20-,21-,22?,23+/m0/s1. The molecule has 1 unspecified atom stereocenters. The first-order valence-electron chi connectivity index (χ1n) is 10.6. The SMILES string of the molecule is C=CCCOCCO[C@H]1CCC2=CC(C)([C@H]3CC[C@](N)(CO)C3)CC=C2C1. The van der Waals surface area contributed by atoms with Crippen molar-refractivity contribution in [2.45, 2.75) is 69.9 Å². The number of hydrogen-bond donors (Lipinski definition) is 2. The molecule has 0 radical (unpaired) electrons. The van der Waals surface area contributed by atoms with E-state index in [4.69, 9.17) is 15.2 Å². The fourth-order valence-corrected chi connectivity index (χ4v) is 4.97. The highest BCUT2D eigenvalue weighted by Gasteiger charge is 2.44. The van der Waals surface area contributed by atoms with Gasteiger partial charge >= 0.3 is 0 Å². The molecule has 2 fully saturated rings. The third-order valence-corrected chi connectivity index (χ3v) is 6.83. The van der Waals surface area contributed by atoms with Crippen LogP contribution in [-0.2, 0) is 9.47 Å². The van der Waals surface area contributed by atoms with Gasteiger partial charge in [0.05, 0.1) is 32.5 Å². The molecule has 0 aromatic carbocycles. The Balaban J connectivity index is 1.49. The lowest BCUT2D eigenvalue weighted by molar-refractivity contribution is -0.0000176. The molecule has 4 atom stereocenters. The highest BCUT2D eigenvalue weighted by molar-refractivity contribution is 5.39. The first kappa shape index (κ1) is 20.8. The average molecular weight is 376 g/mol. The summed E-state index contributed by atoms with van der Waals surface area (Å²) in [7, 11) is 0. The van der Waals surface area contributed by atoms with E-state index < -0.39 is 0 Å². The number of aliphatic hydroxyl groups is 1. The van der Waals surface area contributed by atoms with E-state index in [1.807, 2.05) is 6.08 Å². The van der Waals surface area contributed by atoms with Crippen molar-refractivity contribution in [3.05, 3.63) is 36.0 Å². The quantitative estimate of drug-likeness (QED) is 0.474. The Kier molecular flexibility index (Phi) is 6.96. The molecular formula is C23H37NO3. The molecule has 27 heavy (non-hydrogen) atoms. The van der Waals surface area contributed by atoms with Crippen LogP contribution in [0.3, 0.4) is 0 Å². The third-order valence-electron chi connectivity index (χ3n) is 6.83. The molecule has 0 aromatic rings. The lowest BCUT2D eigenvalue weighted by Crippen LogP contribution is -2.42. The molecule has 0 spiro atoms. The summed E-state index contributed by atoms with van der Waals surface area (Å²) >= 11 is 0. The maximum Gasteiger partial charge on any atom is 0.0704 e. The Bertz CT molecular complexity index is 584. The van der Waals surface area contributed by atoms with Crippen LogP contribution in [-0.4, -0.2) is 43.2 Å². The number of fused-ring (bicyclic) bond motifs is 1. The first-order valence-corrected chi connectivity index (χ1v) is 10.6. The molecule has 0 saturated heterocycles. The van der Waals surface area contributed by atoms with Crippen LogP contribution in [0.15, 0.2) is 36.0 Å². The van der Waals surface area contributed by atoms with Crippen LogP contribution >= 0.6 is 0 Å². The Morgan fingerprint density at radius 3 is 2.89 bits per heavy atom. The van der Waals surface area contributed by atoms with Gasteiger partial charge in [-0.3, -0.25) is 0 Å². The minimum absolute atomic E-state index is 0.105. The average Bonchev–Trinajstić information content (AvgIpc) is 3.08. The van der Waals surface area contributed by atoms with Gasteiger partial charge in [-0.2, -0.15) is 0 Å². The maximum atomic E-state index is 9.59. The Morgan fingerprint density at radius 1 is 1.30 bits per heavy atom. The summed E-state index contributed by atoms with van der Waals surface area (Å²) < 4.78 is 11.6. The number of nitrogens with two attached hydrogens (primary N) is 1. The van der Waals surface area contributed by atoms with Crippen LogP contribution in [0.1, 0.15) is 58.3 Å². The zero-order valence-corrected chi connectivity index (χ0v) is 16.9. The molecule has 0 aromatic heterocycles. The van der Waals surface area contributed by atoms with E-state index in [0.717, 1.165) is 58.0 Å². The molecule has 3 N–H and O–H groups in total. The molecule has 152 valence electrons. The van der Waals surface area contributed by atoms with Crippen LogP contribution < -0.4 is 5.73 Å². The van der Waals surface area contributed by atoms with Crippen molar-refractivity contribution in [1.29, 1.82) is 0 Å². The normalized spacial score (nSPS) is 36.1. The number of ether oxygens (including phenoxy) is 2. The summed E-state index contributed by atoms with van der Waals surface area (Å²) in [5.41, 5.74) is 9.15. The van der Waals surface area contributed by atoms with Gasteiger partial charge in [0.1, 0.15) is 0 Å². The number of allylic oxidation sites excluding steroid dienone is 3. The molecule has 4 nitrogen and oxygen atoms in total. The second kappa shape index (κ2) is 9.04. The monoisotopic (exact) mass is 375 g/mol. The highest BCUT2D eigenvalue weighted by Crippen LogP contribution is 2.50. The number of aliphatic hydroxyl groups excluding tert-OH is 1. The van der Waals surface area contributed by atoms with E-state index in [-0.39, 0.29) is 17.6 Å². The lowest BCUT2D eigenvalue weighted by atomic mass is 9.67. The smallest absolute Gasteiger partial charge is 0.0704 e. The van der Waals surface area contributed by atoms with Crippen LogP contribution in [0.5, 0.6) is 0 Å². The van der Waals surface area contributed by atoms with E-state index in [1.54, 1.807) is 0 Å². The van der Waals surface area contributed by atoms with Gasteiger partial charge in [-0.25, -0.2) is 0 Å². The van der Waals surface area contributed by atoms with Crippen molar-refractivity contribution in [2.24, 2.45) is 17.1 Å². The van der Waals surface area contributed by atoms with Crippen LogP contribution in [0.4, 0.5) is 0 Å². The second-order valence-corrected chi connectivity index (χ2v) is 8.99. The summed E-state index contributed by atoms with van der Waals surface area (Å²) in [6.07, 6.45) is 15.4. The maximum absolute atomic E-state index is 9.59. The molecule has 0 amide bonds. The fourth-order valence-electron chi connectivity index (χ4n) is 4.97. The van der Waals surface area contributed by atoms with Gasteiger partial charge < -0.3 is 20.3 Å². The molecular weight excluding hydrogens is 338 g/mol. The van der Waals surface area contributed by atoms with E-state index in [2.05, 4.69) is 25.7 Å². The second-order valence-electron chi connectivity index (χ2n) is 8.99. The molecule has 3 rings (SSSR count). The van der Waals surface area contributed by atoms with E-state index in [1.165, 1.54) is 11.1 Å².